The molecule has 14 heavy (non-hydrogen) atoms. The van der Waals surface area contributed by atoms with Gasteiger partial charge in [-0.1, -0.05) is 12.8 Å². The quantitative estimate of drug-likeness (QED) is 0.638. The maximum absolute atomic E-state index is 6.04. The van der Waals surface area contributed by atoms with Gasteiger partial charge in [-0.15, -0.1) is 11.6 Å². The molecule has 2 rings (SSSR count). The van der Waals surface area contributed by atoms with Gasteiger partial charge in [0.1, 0.15) is 6.10 Å². The van der Waals surface area contributed by atoms with Crippen molar-refractivity contribution in [2.45, 2.75) is 50.2 Å². The Balaban J connectivity index is 1.59. The second-order valence-corrected chi connectivity index (χ2v) is 4.87. The van der Waals surface area contributed by atoms with Crippen molar-refractivity contribution in [2.24, 2.45) is 5.92 Å². The molecule has 0 aromatic carbocycles. The summed E-state index contributed by atoms with van der Waals surface area (Å²) in [4.78, 5) is 0. The number of rotatable bonds is 6. The van der Waals surface area contributed by atoms with Crippen LogP contribution in [0.1, 0.15) is 32.6 Å². The molecule has 3 atom stereocenters. The fourth-order valence-corrected chi connectivity index (χ4v) is 2.30. The van der Waals surface area contributed by atoms with Gasteiger partial charge in [-0.05, 0) is 25.7 Å². The highest BCUT2D eigenvalue weighted by atomic mass is 35.5. The summed E-state index contributed by atoms with van der Waals surface area (Å²) in [5, 5.41) is 0.167. The van der Waals surface area contributed by atoms with E-state index in [9.17, 15) is 0 Å². The van der Waals surface area contributed by atoms with Gasteiger partial charge in [0.15, 0.2) is 0 Å². The number of ether oxygens (including phenoxy) is 2. The topological polar surface area (TPSA) is 18.5 Å². The third-order valence-electron chi connectivity index (χ3n) is 3.09. The van der Waals surface area contributed by atoms with Crippen LogP contribution in [0.3, 0.4) is 0 Å². The summed E-state index contributed by atoms with van der Waals surface area (Å²) < 4.78 is 11.3. The highest BCUT2D eigenvalue weighted by Gasteiger charge is 2.41. The second kappa shape index (κ2) is 4.82. The van der Waals surface area contributed by atoms with Gasteiger partial charge in [-0.25, -0.2) is 0 Å². The molecule has 0 aromatic rings. The normalized spacial score (nSPS) is 36.9. The minimum Gasteiger partial charge on any atom is -0.375 e. The highest BCUT2D eigenvalue weighted by molar-refractivity contribution is 6.21. The van der Waals surface area contributed by atoms with Crippen molar-refractivity contribution in [3.8, 4) is 0 Å². The van der Waals surface area contributed by atoms with Crippen molar-refractivity contribution in [3.05, 3.63) is 0 Å². The molecular weight excluding hydrogens is 200 g/mol. The van der Waals surface area contributed by atoms with E-state index in [0.29, 0.717) is 0 Å². The molecule has 82 valence electrons. The van der Waals surface area contributed by atoms with E-state index in [1.165, 1.54) is 19.3 Å². The molecule has 0 saturated heterocycles. The number of hydrogen-bond donors (Lipinski definition) is 0. The Morgan fingerprint density at radius 2 is 2.07 bits per heavy atom. The average molecular weight is 219 g/mol. The molecule has 0 aliphatic heterocycles. The first-order chi connectivity index (χ1) is 6.81. The van der Waals surface area contributed by atoms with Gasteiger partial charge in [-0.3, -0.25) is 0 Å². The second-order valence-electron chi connectivity index (χ2n) is 4.31. The van der Waals surface area contributed by atoms with Crippen LogP contribution in [-0.2, 0) is 9.47 Å². The molecule has 0 spiro atoms. The molecule has 2 saturated carbocycles. The van der Waals surface area contributed by atoms with Gasteiger partial charge >= 0.3 is 0 Å². The monoisotopic (exact) mass is 218 g/mol. The molecule has 0 N–H and O–H groups in total. The van der Waals surface area contributed by atoms with Crippen LogP contribution in [0.5, 0.6) is 0 Å². The van der Waals surface area contributed by atoms with E-state index in [-0.39, 0.29) is 17.6 Å². The molecule has 0 aromatic heterocycles. The Hall–Kier alpha value is 0.210. The maximum Gasteiger partial charge on any atom is 0.100 e. The predicted molar refractivity (Wildman–Crippen MR) is 56.8 cm³/mol. The Morgan fingerprint density at radius 1 is 1.29 bits per heavy atom. The first-order valence-electron chi connectivity index (χ1n) is 5.68. The SMILES string of the molecule is CCOC1C(Cl)CC1OCCC1CC1. The van der Waals surface area contributed by atoms with E-state index in [1.807, 2.05) is 6.92 Å². The zero-order valence-corrected chi connectivity index (χ0v) is 9.50. The van der Waals surface area contributed by atoms with E-state index < -0.39 is 0 Å². The van der Waals surface area contributed by atoms with Crippen LogP contribution in [0.2, 0.25) is 0 Å². The molecule has 0 amide bonds. The van der Waals surface area contributed by atoms with E-state index in [4.69, 9.17) is 21.1 Å². The fourth-order valence-electron chi connectivity index (χ4n) is 1.89. The van der Waals surface area contributed by atoms with Crippen LogP contribution >= 0.6 is 11.6 Å². The lowest BCUT2D eigenvalue weighted by Crippen LogP contribution is -2.51. The van der Waals surface area contributed by atoms with E-state index in [1.54, 1.807) is 0 Å². The largest absolute Gasteiger partial charge is 0.375 e. The highest BCUT2D eigenvalue weighted by Crippen LogP contribution is 2.35. The Kier molecular flexibility index (Phi) is 3.69. The minimum atomic E-state index is 0.140. The van der Waals surface area contributed by atoms with Gasteiger partial charge in [0.05, 0.1) is 11.5 Å². The van der Waals surface area contributed by atoms with Gasteiger partial charge < -0.3 is 9.47 Å². The first kappa shape index (κ1) is 10.7. The zero-order chi connectivity index (χ0) is 9.97. The van der Waals surface area contributed by atoms with E-state index in [0.717, 1.165) is 25.6 Å². The molecule has 2 aliphatic carbocycles. The number of hydrogen-bond acceptors (Lipinski definition) is 2. The minimum absolute atomic E-state index is 0.140. The van der Waals surface area contributed by atoms with Crippen LogP contribution in [0.25, 0.3) is 0 Å². The third-order valence-corrected chi connectivity index (χ3v) is 3.52. The van der Waals surface area contributed by atoms with Crippen molar-refractivity contribution in [1.82, 2.24) is 0 Å². The molecule has 2 aliphatic rings. The lowest BCUT2D eigenvalue weighted by molar-refractivity contribution is -0.122. The van der Waals surface area contributed by atoms with Crippen LogP contribution in [0.15, 0.2) is 0 Å². The summed E-state index contributed by atoms with van der Waals surface area (Å²) in [7, 11) is 0. The standard InChI is InChI=1S/C11H19ClO2/c1-2-13-11-9(12)7-10(11)14-6-5-8-3-4-8/h8-11H,2-7H2,1H3. The van der Waals surface area contributed by atoms with Gasteiger partial charge in [0, 0.05) is 13.2 Å². The molecule has 3 unspecified atom stereocenters. The van der Waals surface area contributed by atoms with Crippen molar-refractivity contribution >= 4 is 11.6 Å². The van der Waals surface area contributed by atoms with E-state index >= 15 is 0 Å². The lowest BCUT2D eigenvalue weighted by Gasteiger charge is -2.40. The molecular formula is C11H19ClO2. The van der Waals surface area contributed by atoms with Gasteiger partial charge in [0.2, 0.25) is 0 Å². The lowest BCUT2D eigenvalue weighted by atomic mass is 9.91. The van der Waals surface area contributed by atoms with Gasteiger partial charge in [0.25, 0.3) is 0 Å². The summed E-state index contributed by atoms with van der Waals surface area (Å²) in [5.41, 5.74) is 0. The summed E-state index contributed by atoms with van der Waals surface area (Å²) in [6.45, 7) is 3.63. The molecule has 0 heterocycles. The van der Waals surface area contributed by atoms with Gasteiger partial charge in [-0.2, -0.15) is 0 Å². The number of halogens is 1. The van der Waals surface area contributed by atoms with Crippen molar-refractivity contribution in [1.29, 1.82) is 0 Å². The summed E-state index contributed by atoms with van der Waals surface area (Å²) in [5.74, 6) is 0.951. The third kappa shape index (κ3) is 2.62. The summed E-state index contributed by atoms with van der Waals surface area (Å²) in [6.07, 6.45) is 5.39. The number of alkyl halides is 1. The van der Waals surface area contributed by atoms with Crippen molar-refractivity contribution in [2.75, 3.05) is 13.2 Å². The average Bonchev–Trinajstić information content (AvgIpc) is 2.97. The fraction of sp³-hybridized carbons (Fsp3) is 1.00. The van der Waals surface area contributed by atoms with Crippen LogP contribution in [-0.4, -0.2) is 30.8 Å². The molecule has 0 radical (unpaired) electrons. The summed E-state index contributed by atoms with van der Waals surface area (Å²) >= 11 is 6.04. The van der Waals surface area contributed by atoms with E-state index in [2.05, 4.69) is 0 Å². The van der Waals surface area contributed by atoms with Crippen LogP contribution in [0, 0.1) is 5.92 Å². The maximum atomic E-state index is 6.04. The predicted octanol–water partition coefficient (Wildman–Crippen LogP) is 2.59. The smallest absolute Gasteiger partial charge is 0.100 e. The Morgan fingerprint density at radius 3 is 2.64 bits per heavy atom. The van der Waals surface area contributed by atoms with Crippen LogP contribution in [0.4, 0.5) is 0 Å². The zero-order valence-electron chi connectivity index (χ0n) is 8.75. The van der Waals surface area contributed by atoms with Crippen LogP contribution < -0.4 is 0 Å². The Labute approximate surface area is 90.9 Å². The van der Waals surface area contributed by atoms with Crippen molar-refractivity contribution in [3.63, 3.8) is 0 Å². The molecule has 3 heteroatoms. The molecule has 0 bridgehead atoms. The molecule has 2 fully saturated rings. The molecule has 2 nitrogen and oxygen atoms in total. The first-order valence-corrected chi connectivity index (χ1v) is 6.12. The summed E-state index contributed by atoms with van der Waals surface area (Å²) in [6, 6.07) is 0. The van der Waals surface area contributed by atoms with Crippen molar-refractivity contribution < 1.29 is 9.47 Å². The Bertz CT molecular complexity index is 182.